The van der Waals surface area contributed by atoms with E-state index in [1.54, 1.807) is 11.3 Å². The zero-order valence-corrected chi connectivity index (χ0v) is 9.61. The fourth-order valence-corrected chi connectivity index (χ4v) is 2.04. The Morgan fingerprint density at radius 2 is 2.31 bits per heavy atom. The molecule has 0 saturated heterocycles. The van der Waals surface area contributed by atoms with Gasteiger partial charge in [0.05, 0.1) is 5.54 Å². The average Bonchev–Trinajstić information content (AvgIpc) is 2.55. The Kier molecular flexibility index (Phi) is 3.45. The first kappa shape index (κ1) is 10.7. The molecule has 0 amide bonds. The van der Waals surface area contributed by atoms with Crippen LogP contribution in [0.5, 0.6) is 0 Å². The second-order valence-electron chi connectivity index (χ2n) is 3.92. The van der Waals surface area contributed by atoms with E-state index in [1.807, 2.05) is 11.6 Å². The fraction of sp³-hybridized carbons (Fsp3) is 0.700. The summed E-state index contributed by atoms with van der Waals surface area (Å²) in [6.07, 6.45) is 3.01. The summed E-state index contributed by atoms with van der Waals surface area (Å²) in [7, 11) is 0. The molecule has 0 aliphatic rings. The summed E-state index contributed by atoms with van der Waals surface area (Å²) in [4.78, 5) is 4.33. The van der Waals surface area contributed by atoms with Gasteiger partial charge in [0.15, 0.2) is 0 Å². The highest BCUT2D eigenvalue weighted by molar-refractivity contribution is 7.09. The van der Waals surface area contributed by atoms with Crippen molar-refractivity contribution in [3.63, 3.8) is 0 Å². The van der Waals surface area contributed by atoms with Gasteiger partial charge in [0.2, 0.25) is 0 Å². The largest absolute Gasteiger partial charge is 0.303 e. The molecule has 0 aliphatic heterocycles. The van der Waals surface area contributed by atoms with E-state index in [-0.39, 0.29) is 5.54 Å². The summed E-state index contributed by atoms with van der Waals surface area (Å²) in [5.41, 5.74) is 0.00356. The standard InChI is InChI=1S/C10H18N2S/c1-5-8(2)12-10(3,4)9-11-6-7-13-9/h6-8,12H,5H2,1-4H3. The lowest BCUT2D eigenvalue weighted by molar-refractivity contribution is 0.346. The van der Waals surface area contributed by atoms with E-state index >= 15 is 0 Å². The zero-order chi connectivity index (χ0) is 9.90. The summed E-state index contributed by atoms with van der Waals surface area (Å²) >= 11 is 1.71. The van der Waals surface area contributed by atoms with E-state index in [4.69, 9.17) is 0 Å². The molecule has 1 N–H and O–H groups in total. The van der Waals surface area contributed by atoms with Gasteiger partial charge < -0.3 is 5.32 Å². The lowest BCUT2D eigenvalue weighted by Gasteiger charge is -2.27. The number of thiazole rings is 1. The van der Waals surface area contributed by atoms with Gasteiger partial charge in [-0.05, 0) is 27.2 Å². The molecule has 1 aromatic rings. The average molecular weight is 198 g/mol. The van der Waals surface area contributed by atoms with Crippen LogP contribution < -0.4 is 5.32 Å². The van der Waals surface area contributed by atoms with Gasteiger partial charge >= 0.3 is 0 Å². The molecule has 1 atom stereocenters. The number of rotatable bonds is 4. The highest BCUT2D eigenvalue weighted by Crippen LogP contribution is 2.22. The quantitative estimate of drug-likeness (QED) is 0.804. The minimum atomic E-state index is 0.00356. The number of nitrogens with one attached hydrogen (secondary N) is 1. The molecule has 13 heavy (non-hydrogen) atoms. The van der Waals surface area contributed by atoms with Crippen molar-refractivity contribution in [3.8, 4) is 0 Å². The first-order valence-corrected chi connectivity index (χ1v) is 5.62. The van der Waals surface area contributed by atoms with Crippen LogP contribution in [-0.4, -0.2) is 11.0 Å². The van der Waals surface area contributed by atoms with Crippen molar-refractivity contribution < 1.29 is 0 Å². The molecule has 0 bridgehead atoms. The molecule has 0 radical (unpaired) electrons. The molecule has 1 rings (SSSR count). The minimum absolute atomic E-state index is 0.00356. The third-order valence-electron chi connectivity index (χ3n) is 2.19. The first-order valence-electron chi connectivity index (χ1n) is 4.74. The maximum absolute atomic E-state index is 4.33. The van der Waals surface area contributed by atoms with Gasteiger partial charge in [-0.1, -0.05) is 6.92 Å². The predicted octanol–water partition coefficient (Wildman–Crippen LogP) is 2.77. The van der Waals surface area contributed by atoms with E-state index in [0.717, 1.165) is 11.4 Å². The van der Waals surface area contributed by atoms with Crippen molar-refractivity contribution in [2.75, 3.05) is 0 Å². The smallest absolute Gasteiger partial charge is 0.112 e. The van der Waals surface area contributed by atoms with Gasteiger partial charge in [-0.25, -0.2) is 4.98 Å². The highest BCUT2D eigenvalue weighted by Gasteiger charge is 2.23. The van der Waals surface area contributed by atoms with Crippen LogP contribution in [0.25, 0.3) is 0 Å². The molecule has 0 saturated carbocycles. The van der Waals surface area contributed by atoms with Crippen LogP contribution in [0, 0.1) is 0 Å². The zero-order valence-electron chi connectivity index (χ0n) is 8.79. The van der Waals surface area contributed by atoms with Crippen LogP contribution in [0.3, 0.4) is 0 Å². The van der Waals surface area contributed by atoms with Gasteiger partial charge in [-0.3, -0.25) is 0 Å². The molecular formula is C10H18N2S. The number of hydrogen-bond acceptors (Lipinski definition) is 3. The summed E-state index contributed by atoms with van der Waals surface area (Å²) in [6, 6.07) is 0.541. The van der Waals surface area contributed by atoms with E-state index < -0.39 is 0 Å². The Bertz CT molecular complexity index is 241. The number of nitrogens with zero attached hydrogens (tertiary/aromatic N) is 1. The highest BCUT2D eigenvalue weighted by atomic mass is 32.1. The SMILES string of the molecule is CCC(C)NC(C)(C)c1nccs1. The van der Waals surface area contributed by atoms with Gasteiger partial charge in [0.25, 0.3) is 0 Å². The third-order valence-corrected chi connectivity index (χ3v) is 3.28. The molecule has 3 heteroatoms. The van der Waals surface area contributed by atoms with Gasteiger partial charge in [-0.15, -0.1) is 11.3 Å². The Hall–Kier alpha value is -0.410. The molecule has 0 fully saturated rings. The van der Waals surface area contributed by atoms with Crippen LogP contribution in [0.4, 0.5) is 0 Å². The van der Waals surface area contributed by atoms with Crippen LogP contribution in [-0.2, 0) is 5.54 Å². The lowest BCUT2D eigenvalue weighted by atomic mass is 10.0. The molecule has 0 aliphatic carbocycles. The number of hydrogen-bond donors (Lipinski definition) is 1. The lowest BCUT2D eigenvalue weighted by Crippen LogP contribution is -2.41. The van der Waals surface area contributed by atoms with Crippen LogP contribution in [0.15, 0.2) is 11.6 Å². The Labute approximate surface area is 84.4 Å². The van der Waals surface area contributed by atoms with E-state index in [2.05, 4.69) is 38.0 Å². The Balaban J connectivity index is 2.66. The van der Waals surface area contributed by atoms with E-state index in [1.165, 1.54) is 0 Å². The summed E-state index contributed by atoms with van der Waals surface area (Å²) in [6.45, 7) is 8.75. The van der Waals surface area contributed by atoms with Gasteiger partial charge in [-0.2, -0.15) is 0 Å². The van der Waals surface area contributed by atoms with Crippen molar-refractivity contribution in [2.24, 2.45) is 0 Å². The fourth-order valence-electron chi connectivity index (χ4n) is 1.31. The Morgan fingerprint density at radius 3 is 2.77 bits per heavy atom. The molecule has 74 valence electrons. The Morgan fingerprint density at radius 1 is 1.62 bits per heavy atom. The van der Waals surface area contributed by atoms with Crippen molar-refractivity contribution in [1.82, 2.24) is 10.3 Å². The summed E-state index contributed by atoms with van der Waals surface area (Å²) < 4.78 is 0. The first-order chi connectivity index (χ1) is 6.06. The molecule has 0 aromatic carbocycles. The van der Waals surface area contributed by atoms with Crippen molar-refractivity contribution in [2.45, 2.75) is 45.7 Å². The minimum Gasteiger partial charge on any atom is -0.303 e. The van der Waals surface area contributed by atoms with Gasteiger partial charge in [0.1, 0.15) is 5.01 Å². The normalized spacial score (nSPS) is 14.5. The summed E-state index contributed by atoms with van der Waals surface area (Å²) in [5, 5.41) is 6.74. The van der Waals surface area contributed by atoms with Crippen molar-refractivity contribution in [3.05, 3.63) is 16.6 Å². The monoisotopic (exact) mass is 198 g/mol. The van der Waals surface area contributed by atoms with Crippen molar-refractivity contribution >= 4 is 11.3 Å². The van der Waals surface area contributed by atoms with Crippen molar-refractivity contribution in [1.29, 1.82) is 0 Å². The second kappa shape index (κ2) is 4.20. The number of aromatic nitrogens is 1. The van der Waals surface area contributed by atoms with Crippen LogP contribution in [0.2, 0.25) is 0 Å². The predicted molar refractivity (Wildman–Crippen MR) is 58.0 cm³/mol. The molecule has 2 nitrogen and oxygen atoms in total. The molecular weight excluding hydrogens is 180 g/mol. The van der Waals surface area contributed by atoms with Crippen LogP contribution in [0.1, 0.15) is 39.1 Å². The topological polar surface area (TPSA) is 24.9 Å². The summed E-state index contributed by atoms with van der Waals surface area (Å²) in [5.74, 6) is 0. The molecule has 1 unspecified atom stereocenters. The van der Waals surface area contributed by atoms with E-state index in [0.29, 0.717) is 6.04 Å². The molecule has 0 spiro atoms. The van der Waals surface area contributed by atoms with Gasteiger partial charge in [0, 0.05) is 17.6 Å². The molecule has 1 aromatic heterocycles. The maximum Gasteiger partial charge on any atom is 0.112 e. The third kappa shape index (κ3) is 2.78. The second-order valence-corrected chi connectivity index (χ2v) is 4.81. The van der Waals surface area contributed by atoms with Crippen LogP contribution >= 0.6 is 11.3 Å². The van der Waals surface area contributed by atoms with E-state index in [9.17, 15) is 0 Å². The molecule has 1 heterocycles. The maximum atomic E-state index is 4.33.